The molecular formula is C11H24N2O. The highest BCUT2D eigenvalue weighted by atomic mass is 16.3. The van der Waals surface area contributed by atoms with Crippen LogP contribution in [0, 0.1) is 0 Å². The Labute approximate surface area is 87.8 Å². The van der Waals surface area contributed by atoms with Gasteiger partial charge >= 0.3 is 0 Å². The zero-order chi connectivity index (χ0) is 10.8. The van der Waals surface area contributed by atoms with E-state index in [1.165, 1.54) is 0 Å². The first kappa shape index (κ1) is 13.6. The Morgan fingerprint density at radius 1 is 1.57 bits per heavy atom. The van der Waals surface area contributed by atoms with Crippen LogP contribution in [0.5, 0.6) is 0 Å². The van der Waals surface area contributed by atoms with Crippen molar-refractivity contribution < 1.29 is 5.11 Å². The van der Waals surface area contributed by atoms with Crippen molar-refractivity contribution in [1.29, 1.82) is 0 Å². The van der Waals surface area contributed by atoms with Crippen molar-refractivity contribution in [2.75, 3.05) is 32.8 Å². The first-order valence-electron chi connectivity index (χ1n) is 5.42. The molecule has 1 unspecified atom stereocenters. The fourth-order valence-corrected chi connectivity index (χ4v) is 1.40. The Bertz CT molecular complexity index is 139. The quantitative estimate of drug-likeness (QED) is 0.428. The van der Waals surface area contributed by atoms with Gasteiger partial charge in [0.1, 0.15) is 0 Å². The van der Waals surface area contributed by atoms with Crippen LogP contribution in [0.1, 0.15) is 20.3 Å². The summed E-state index contributed by atoms with van der Waals surface area (Å²) in [6.07, 6.45) is 3.04. The van der Waals surface area contributed by atoms with E-state index in [0.717, 1.165) is 32.6 Å². The molecule has 3 heteroatoms. The maximum Gasteiger partial charge on any atom is 0.0558 e. The van der Waals surface area contributed by atoms with Crippen LogP contribution in [0.4, 0.5) is 0 Å². The molecule has 0 aromatic heterocycles. The highest BCUT2D eigenvalue weighted by molar-refractivity contribution is 4.78. The van der Waals surface area contributed by atoms with Gasteiger partial charge in [-0.25, -0.2) is 0 Å². The van der Waals surface area contributed by atoms with E-state index >= 15 is 0 Å². The molecule has 0 aliphatic rings. The Kier molecular flexibility index (Phi) is 8.94. The fourth-order valence-electron chi connectivity index (χ4n) is 1.40. The van der Waals surface area contributed by atoms with Crippen LogP contribution in [0.2, 0.25) is 0 Å². The summed E-state index contributed by atoms with van der Waals surface area (Å²) in [5.74, 6) is 0. The molecule has 0 aromatic carbocycles. The summed E-state index contributed by atoms with van der Waals surface area (Å²) in [6, 6.07) is 0.451. The molecule has 84 valence electrons. The third-order valence-corrected chi connectivity index (χ3v) is 2.24. The molecule has 3 nitrogen and oxygen atoms in total. The molecule has 0 heterocycles. The van der Waals surface area contributed by atoms with E-state index in [4.69, 9.17) is 5.11 Å². The van der Waals surface area contributed by atoms with Crippen LogP contribution in [-0.4, -0.2) is 48.8 Å². The lowest BCUT2D eigenvalue weighted by atomic mass is 10.2. The molecule has 1 atom stereocenters. The summed E-state index contributed by atoms with van der Waals surface area (Å²) in [7, 11) is 0. The summed E-state index contributed by atoms with van der Waals surface area (Å²) in [5.41, 5.74) is 0. The van der Waals surface area contributed by atoms with E-state index in [2.05, 4.69) is 30.6 Å². The van der Waals surface area contributed by atoms with Crippen molar-refractivity contribution in [3.05, 3.63) is 12.7 Å². The predicted molar refractivity (Wildman–Crippen MR) is 61.5 cm³/mol. The number of rotatable bonds is 9. The molecule has 0 aliphatic carbocycles. The van der Waals surface area contributed by atoms with E-state index < -0.39 is 0 Å². The van der Waals surface area contributed by atoms with Gasteiger partial charge in [0.25, 0.3) is 0 Å². The molecule has 0 aliphatic heterocycles. The summed E-state index contributed by atoms with van der Waals surface area (Å²) >= 11 is 0. The maximum atomic E-state index is 8.89. The highest BCUT2D eigenvalue weighted by Gasteiger charge is 2.10. The number of hydrogen-bond donors (Lipinski definition) is 2. The molecule has 2 N–H and O–H groups in total. The summed E-state index contributed by atoms with van der Waals surface area (Å²) < 4.78 is 0. The average molecular weight is 200 g/mol. The van der Waals surface area contributed by atoms with E-state index in [9.17, 15) is 0 Å². The molecule has 0 rings (SSSR count). The molecule has 0 amide bonds. The second kappa shape index (κ2) is 9.19. The number of aliphatic hydroxyl groups excluding tert-OH is 1. The number of nitrogens with zero attached hydrogens (tertiary/aromatic N) is 1. The Morgan fingerprint density at radius 3 is 2.79 bits per heavy atom. The number of hydrogen-bond acceptors (Lipinski definition) is 3. The molecule has 0 aromatic rings. The van der Waals surface area contributed by atoms with Gasteiger partial charge < -0.3 is 10.4 Å². The van der Waals surface area contributed by atoms with Gasteiger partial charge in [-0.2, -0.15) is 0 Å². The topological polar surface area (TPSA) is 35.5 Å². The van der Waals surface area contributed by atoms with Gasteiger partial charge in [0.15, 0.2) is 0 Å². The minimum atomic E-state index is 0.214. The Hall–Kier alpha value is -0.380. The lowest BCUT2D eigenvalue weighted by molar-refractivity contribution is 0.170. The van der Waals surface area contributed by atoms with Gasteiger partial charge in [0, 0.05) is 25.7 Å². The third-order valence-electron chi connectivity index (χ3n) is 2.24. The first-order chi connectivity index (χ1) is 6.76. The molecule has 14 heavy (non-hydrogen) atoms. The van der Waals surface area contributed by atoms with E-state index in [0.29, 0.717) is 6.04 Å². The van der Waals surface area contributed by atoms with Gasteiger partial charge in [-0.3, -0.25) is 4.90 Å². The van der Waals surface area contributed by atoms with Crippen LogP contribution in [0.25, 0.3) is 0 Å². The molecule has 0 saturated heterocycles. The fraction of sp³-hybridized carbons (Fsp3) is 0.818. The van der Waals surface area contributed by atoms with Gasteiger partial charge in [0.05, 0.1) is 6.61 Å². The largest absolute Gasteiger partial charge is 0.395 e. The maximum absolute atomic E-state index is 8.89. The van der Waals surface area contributed by atoms with Crippen molar-refractivity contribution in [2.45, 2.75) is 26.3 Å². The van der Waals surface area contributed by atoms with E-state index in [1.807, 2.05) is 6.08 Å². The molecule has 0 saturated carbocycles. The zero-order valence-corrected chi connectivity index (χ0v) is 9.50. The standard InChI is InChI=1S/C11H24N2O/c1-4-6-12-10-11(3)13(7-5-2)8-9-14/h5,11-12,14H,2,4,6-10H2,1,3H3. The normalized spacial score (nSPS) is 13.1. The molecule has 0 fully saturated rings. The van der Waals surface area contributed by atoms with Gasteiger partial charge in [-0.05, 0) is 19.9 Å². The molecule has 0 bridgehead atoms. The summed E-state index contributed by atoms with van der Waals surface area (Å²) in [6.45, 7) is 11.9. The lowest BCUT2D eigenvalue weighted by Crippen LogP contribution is -2.42. The summed E-state index contributed by atoms with van der Waals surface area (Å²) in [5, 5.41) is 12.3. The van der Waals surface area contributed by atoms with Crippen molar-refractivity contribution in [3.8, 4) is 0 Å². The van der Waals surface area contributed by atoms with Crippen LogP contribution in [0.15, 0.2) is 12.7 Å². The SMILES string of the molecule is C=CCN(CCO)C(C)CNCCC. The van der Waals surface area contributed by atoms with E-state index in [-0.39, 0.29) is 6.61 Å². The van der Waals surface area contributed by atoms with Crippen molar-refractivity contribution in [2.24, 2.45) is 0 Å². The van der Waals surface area contributed by atoms with Crippen molar-refractivity contribution in [3.63, 3.8) is 0 Å². The molecule has 0 radical (unpaired) electrons. The second-order valence-corrected chi connectivity index (χ2v) is 3.56. The van der Waals surface area contributed by atoms with E-state index in [1.54, 1.807) is 0 Å². The average Bonchev–Trinajstić information content (AvgIpc) is 2.18. The smallest absolute Gasteiger partial charge is 0.0558 e. The Morgan fingerprint density at radius 2 is 2.29 bits per heavy atom. The van der Waals surface area contributed by atoms with Crippen molar-refractivity contribution >= 4 is 0 Å². The predicted octanol–water partition coefficient (Wildman–Crippen LogP) is 0.855. The number of aliphatic hydroxyl groups is 1. The van der Waals surface area contributed by atoms with Gasteiger partial charge in [-0.15, -0.1) is 6.58 Å². The van der Waals surface area contributed by atoms with Crippen LogP contribution in [0.3, 0.4) is 0 Å². The van der Waals surface area contributed by atoms with Gasteiger partial charge in [0.2, 0.25) is 0 Å². The lowest BCUT2D eigenvalue weighted by Gasteiger charge is -2.27. The highest BCUT2D eigenvalue weighted by Crippen LogP contribution is 1.97. The van der Waals surface area contributed by atoms with Crippen molar-refractivity contribution in [1.82, 2.24) is 10.2 Å². The summed E-state index contributed by atoms with van der Waals surface area (Å²) in [4.78, 5) is 2.22. The van der Waals surface area contributed by atoms with Crippen LogP contribution < -0.4 is 5.32 Å². The van der Waals surface area contributed by atoms with Crippen LogP contribution >= 0.6 is 0 Å². The van der Waals surface area contributed by atoms with Gasteiger partial charge in [-0.1, -0.05) is 13.0 Å². The second-order valence-electron chi connectivity index (χ2n) is 3.56. The third kappa shape index (κ3) is 6.13. The molecular weight excluding hydrogens is 176 g/mol. The first-order valence-corrected chi connectivity index (χ1v) is 5.42. The monoisotopic (exact) mass is 200 g/mol. The zero-order valence-electron chi connectivity index (χ0n) is 9.50. The minimum absolute atomic E-state index is 0.214. The Balaban J connectivity index is 3.75. The van der Waals surface area contributed by atoms with Crippen LogP contribution in [-0.2, 0) is 0 Å². The number of nitrogens with one attached hydrogen (secondary N) is 1. The minimum Gasteiger partial charge on any atom is -0.395 e. The molecule has 0 spiro atoms.